The number of halogens is 2. The third-order valence-corrected chi connectivity index (χ3v) is 7.63. The van der Waals surface area contributed by atoms with Gasteiger partial charge in [-0.25, -0.2) is 9.98 Å². The van der Waals surface area contributed by atoms with E-state index in [0.717, 1.165) is 30.4 Å². The lowest BCUT2D eigenvalue weighted by molar-refractivity contribution is 0.0836. The Balaban J connectivity index is 1.36. The highest BCUT2D eigenvalue weighted by Crippen LogP contribution is 2.42. The molecular weight excluding hydrogens is 518 g/mol. The van der Waals surface area contributed by atoms with Crippen molar-refractivity contribution in [2.45, 2.75) is 38.8 Å². The Bertz CT molecular complexity index is 1310. The third-order valence-electron chi connectivity index (χ3n) is 6.75. The van der Waals surface area contributed by atoms with Crippen LogP contribution in [0.25, 0.3) is 0 Å². The highest BCUT2D eigenvalue weighted by Gasteiger charge is 2.43. The van der Waals surface area contributed by atoms with Gasteiger partial charge in [-0.2, -0.15) is 0 Å². The Morgan fingerprint density at radius 3 is 2.82 bits per heavy atom. The van der Waals surface area contributed by atoms with Crippen molar-refractivity contribution in [2.24, 2.45) is 4.99 Å². The first-order chi connectivity index (χ1) is 16.5. The van der Waals surface area contributed by atoms with Gasteiger partial charge in [0.2, 0.25) is 5.96 Å². The Morgan fingerprint density at radius 1 is 1.21 bits per heavy atom. The number of hydrogen-bond acceptors (Lipinski definition) is 5. The highest BCUT2D eigenvalue weighted by atomic mass is 79.9. The second-order valence-electron chi connectivity index (χ2n) is 8.80. The fourth-order valence-electron chi connectivity index (χ4n) is 5.21. The largest absolute Gasteiger partial charge is 0.471 e. The molecule has 4 heterocycles. The van der Waals surface area contributed by atoms with Crippen molar-refractivity contribution in [3.05, 3.63) is 80.6 Å². The average Bonchev–Trinajstić information content (AvgIpc) is 3.52. The molecule has 1 amide bonds. The molecule has 34 heavy (non-hydrogen) atoms. The van der Waals surface area contributed by atoms with Gasteiger partial charge in [0.05, 0.1) is 23.9 Å². The Hall–Kier alpha value is -2.84. The Kier molecular flexibility index (Phi) is 5.37. The van der Waals surface area contributed by atoms with Crippen LogP contribution in [0.2, 0.25) is 0 Å². The maximum atomic E-state index is 13.7. The van der Waals surface area contributed by atoms with E-state index in [2.05, 4.69) is 33.0 Å². The van der Waals surface area contributed by atoms with Gasteiger partial charge in [0.25, 0.3) is 5.91 Å². The normalized spacial score (nSPS) is 21.1. The molecule has 6 rings (SSSR count). The lowest BCUT2D eigenvalue weighted by Crippen LogP contribution is -2.50. The molecule has 7 nitrogen and oxygen atoms in total. The van der Waals surface area contributed by atoms with E-state index >= 15 is 0 Å². The summed E-state index contributed by atoms with van der Waals surface area (Å²) in [6.07, 6.45) is 5.89. The van der Waals surface area contributed by atoms with Crippen LogP contribution < -0.4 is 4.90 Å². The molecule has 2 aromatic rings. The second-order valence-corrected chi connectivity index (χ2v) is 9.91. The molecule has 174 valence electrons. The van der Waals surface area contributed by atoms with E-state index in [1.54, 1.807) is 17.4 Å². The first-order valence-electron chi connectivity index (χ1n) is 11.4. The van der Waals surface area contributed by atoms with Gasteiger partial charge in [-0.1, -0.05) is 41.9 Å². The number of hydrogen-bond donors (Lipinski definition) is 0. The Morgan fingerprint density at radius 2 is 2.03 bits per heavy atom. The molecule has 4 aliphatic rings. The van der Waals surface area contributed by atoms with Gasteiger partial charge in [-0.05, 0) is 58.8 Å². The van der Waals surface area contributed by atoms with Crippen molar-refractivity contribution in [3.63, 3.8) is 0 Å². The first kappa shape index (κ1) is 21.7. The number of allylic oxidation sites excluding steroid dienone is 4. The van der Waals surface area contributed by atoms with E-state index in [9.17, 15) is 4.79 Å². The molecular formula is C25H23BrClN5O2. The molecule has 1 atom stereocenters. The van der Waals surface area contributed by atoms with Crippen LogP contribution in [0, 0.1) is 0 Å². The fraction of sp³-hybridized carbons (Fsp3) is 0.320. The summed E-state index contributed by atoms with van der Waals surface area (Å²) in [5.41, 5.74) is 5.13. The number of amides is 1. The van der Waals surface area contributed by atoms with Gasteiger partial charge < -0.3 is 9.30 Å². The summed E-state index contributed by atoms with van der Waals surface area (Å²) in [6.45, 7) is 3.75. The monoisotopic (exact) mass is 539 g/mol. The summed E-state index contributed by atoms with van der Waals surface area (Å²) < 4.78 is 7.94. The summed E-state index contributed by atoms with van der Waals surface area (Å²) in [5.74, 6) is 1.30. The van der Waals surface area contributed by atoms with Crippen LogP contribution in [-0.4, -0.2) is 45.4 Å². The number of fused-ring (bicyclic) bond motifs is 4. The van der Waals surface area contributed by atoms with Gasteiger partial charge in [-0.3, -0.25) is 14.6 Å². The van der Waals surface area contributed by atoms with Crippen molar-refractivity contribution >= 4 is 45.2 Å². The molecule has 1 aromatic heterocycles. The third kappa shape index (κ3) is 3.43. The van der Waals surface area contributed by atoms with Gasteiger partial charge in [-0.15, -0.1) is 0 Å². The number of rotatable bonds is 5. The molecule has 0 saturated carbocycles. The number of nitrogens with zero attached hydrogens (tertiary/aromatic N) is 5. The van der Waals surface area contributed by atoms with E-state index in [-0.39, 0.29) is 11.9 Å². The quantitative estimate of drug-likeness (QED) is 0.536. The number of carbonyl (C=O) groups excluding carboxylic acids is 1. The minimum atomic E-state index is -0.0703. The SMILES string of the molecule is CCN1C(=O)c2c(nc(Br)n2CC2=C3C(Cl)=COC=C3CC2)N2C[C@@H](Cc3ccccc3)N=C12. The molecule has 0 unspecified atom stereocenters. The Labute approximate surface area is 211 Å². The number of guanidine groups is 1. The maximum absolute atomic E-state index is 13.7. The number of aromatic nitrogens is 2. The average molecular weight is 541 g/mol. The van der Waals surface area contributed by atoms with E-state index in [1.165, 1.54) is 11.1 Å². The van der Waals surface area contributed by atoms with Crippen molar-refractivity contribution in [3.8, 4) is 0 Å². The van der Waals surface area contributed by atoms with E-state index in [4.69, 9.17) is 26.3 Å². The van der Waals surface area contributed by atoms with E-state index in [1.807, 2.05) is 29.7 Å². The van der Waals surface area contributed by atoms with Crippen molar-refractivity contribution < 1.29 is 9.53 Å². The van der Waals surface area contributed by atoms with Crippen LogP contribution in [0.3, 0.4) is 0 Å². The first-order valence-corrected chi connectivity index (χ1v) is 12.6. The van der Waals surface area contributed by atoms with Crippen LogP contribution in [0.15, 0.2) is 74.3 Å². The predicted molar refractivity (Wildman–Crippen MR) is 135 cm³/mol. The summed E-state index contributed by atoms with van der Waals surface area (Å²) >= 11 is 10.1. The lowest BCUT2D eigenvalue weighted by atomic mass is 10.1. The number of imidazole rings is 1. The molecule has 0 spiro atoms. The molecule has 0 N–H and O–H groups in total. The smallest absolute Gasteiger partial charge is 0.281 e. The minimum absolute atomic E-state index is 0.0627. The van der Waals surface area contributed by atoms with Gasteiger partial charge in [0.1, 0.15) is 6.26 Å². The van der Waals surface area contributed by atoms with Crippen molar-refractivity contribution in [1.29, 1.82) is 0 Å². The van der Waals surface area contributed by atoms with E-state index in [0.29, 0.717) is 46.9 Å². The molecule has 3 aliphatic heterocycles. The second kappa shape index (κ2) is 8.43. The van der Waals surface area contributed by atoms with Gasteiger partial charge in [0, 0.05) is 18.7 Å². The van der Waals surface area contributed by atoms with Crippen molar-refractivity contribution in [2.75, 3.05) is 18.0 Å². The fourth-order valence-corrected chi connectivity index (χ4v) is 5.98. The van der Waals surface area contributed by atoms with Crippen LogP contribution in [0.1, 0.15) is 35.8 Å². The zero-order valence-corrected chi connectivity index (χ0v) is 21.0. The lowest BCUT2D eigenvalue weighted by Gasteiger charge is -2.33. The standard InChI is InChI=1S/C25H23BrClN5O2/c1-2-30-23(33)21-22(32-12-18(28-25(30)32)10-15-6-4-3-5-7-15)29-24(26)31(21)11-16-8-9-17-13-34-14-19(27)20(16)17/h3-7,13-14,18H,2,8-12H2,1H3/t18-/m1/s1. The van der Waals surface area contributed by atoms with Gasteiger partial charge >= 0.3 is 0 Å². The number of ether oxygens (including phenoxy) is 1. The van der Waals surface area contributed by atoms with Crippen LogP contribution in [-0.2, 0) is 17.7 Å². The van der Waals surface area contributed by atoms with Gasteiger partial charge in [0.15, 0.2) is 16.2 Å². The molecule has 0 radical (unpaired) electrons. The number of carbonyl (C=O) groups is 1. The molecule has 1 aliphatic carbocycles. The highest BCUT2D eigenvalue weighted by molar-refractivity contribution is 9.10. The molecule has 0 bridgehead atoms. The van der Waals surface area contributed by atoms with E-state index < -0.39 is 0 Å². The summed E-state index contributed by atoms with van der Waals surface area (Å²) in [4.78, 5) is 27.2. The zero-order valence-electron chi connectivity index (χ0n) is 18.7. The molecule has 1 aromatic carbocycles. The number of benzene rings is 1. The van der Waals surface area contributed by atoms with Crippen LogP contribution in [0.4, 0.5) is 5.82 Å². The molecule has 0 saturated heterocycles. The zero-order chi connectivity index (χ0) is 23.4. The molecule has 0 fully saturated rings. The van der Waals surface area contributed by atoms with Crippen LogP contribution >= 0.6 is 27.5 Å². The maximum Gasteiger partial charge on any atom is 0.281 e. The molecule has 9 heteroatoms. The van der Waals surface area contributed by atoms with Crippen LogP contribution in [0.5, 0.6) is 0 Å². The number of anilines is 1. The number of aliphatic imine (C=N–C) groups is 1. The topological polar surface area (TPSA) is 63.0 Å². The summed E-state index contributed by atoms with van der Waals surface area (Å²) in [5, 5.41) is 0.606. The summed E-state index contributed by atoms with van der Waals surface area (Å²) in [7, 11) is 0. The summed E-state index contributed by atoms with van der Waals surface area (Å²) in [6, 6.07) is 10.4. The minimum Gasteiger partial charge on any atom is -0.471 e. The van der Waals surface area contributed by atoms with Crippen molar-refractivity contribution in [1.82, 2.24) is 14.5 Å². The predicted octanol–water partition coefficient (Wildman–Crippen LogP) is 4.99.